The van der Waals surface area contributed by atoms with Crippen molar-refractivity contribution < 1.29 is 9.90 Å². The van der Waals surface area contributed by atoms with E-state index in [2.05, 4.69) is 20.4 Å². The van der Waals surface area contributed by atoms with Crippen LogP contribution in [0.25, 0.3) is 11.0 Å². The molecule has 1 amide bonds. The number of anilines is 1. The lowest BCUT2D eigenvalue weighted by atomic mass is 10.3. The van der Waals surface area contributed by atoms with Crippen molar-refractivity contribution in [1.29, 1.82) is 0 Å². The molecule has 7 nitrogen and oxygen atoms in total. The van der Waals surface area contributed by atoms with Gasteiger partial charge in [0, 0.05) is 13.1 Å². The molecule has 0 saturated carbocycles. The first-order chi connectivity index (χ1) is 10.0. The highest BCUT2D eigenvalue weighted by Gasteiger charge is 2.17. The summed E-state index contributed by atoms with van der Waals surface area (Å²) in [4.78, 5) is 20.4. The highest BCUT2D eigenvalue weighted by atomic mass is 16.3. The van der Waals surface area contributed by atoms with Crippen LogP contribution in [-0.2, 0) is 7.05 Å². The summed E-state index contributed by atoms with van der Waals surface area (Å²) in [7, 11) is 1.72. The zero-order valence-electron chi connectivity index (χ0n) is 11.5. The number of aromatic nitrogens is 4. The minimum absolute atomic E-state index is 0.118. The van der Waals surface area contributed by atoms with E-state index in [1.807, 2.05) is 6.92 Å². The van der Waals surface area contributed by atoms with Gasteiger partial charge in [0.05, 0.1) is 16.7 Å². The maximum atomic E-state index is 12.2. The predicted octanol–water partition coefficient (Wildman–Crippen LogP) is 1.63. The second-order valence-electron chi connectivity index (χ2n) is 4.63. The molecule has 106 valence electrons. The molecular weight excluding hydrogens is 270 g/mol. The number of amides is 1. The maximum absolute atomic E-state index is 12.2. The van der Waals surface area contributed by atoms with Crippen LogP contribution in [0.2, 0.25) is 0 Å². The van der Waals surface area contributed by atoms with E-state index in [1.54, 1.807) is 42.1 Å². The Morgan fingerprint density at radius 2 is 1.90 bits per heavy atom. The summed E-state index contributed by atoms with van der Waals surface area (Å²) in [5.41, 5.74) is 1.73. The lowest BCUT2D eigenvalue weighted by Crippen LogP contribution is -2.16. The summed E-state index contributed by atoms with van der Waals surface area (Å²) in [5, 5.41) is 16.7. The first-order valence-electron chi connectivity index (χ1n) is 6.32. The van der Waals surface area contributed by atoms with E-state index in [-0.39, 0.29) is 5.69 Å². The average molecular weight is 283 g/mol. The molecule has 2 N–H and O–H groups in total. The number of benzene rings is 1. The van der Waals surface area contributed by atoms with Crippen LogP contribution < -0.4 is 5.32 Å². The summed E-state index contributed by atoms with van der Waals surface area (Å²) in [6, 6.07) is 8.75. The molecule has 3 rings (SSSR count). The number of rotatable bonds is 2. The van der Waals surface area contributed by atoms with E-state index >= 15 is 0 Å². The van der Waals surface area contributed by atoms with Gasteiger partial charge < -0.3 is 10.4 Å². The minimum Gasteiger partial charge on any atom is -0.492 e. The first kappa shape index (κ1) is 13.0. The van der Waals surface area contributed by atoms with Crippen molar-refractivity contribution in [2.75, 3.05) is 5.32 Å². The number of fused-ring (bicyclic) bond motifs is 1. The molecule has 0 atom stereocenters. The zero-order chi connectivity index (χ0) is 15.0. The smallest absolute Gasteiger partial charge is 0.281 e. The van der Waals surface area contributed by atoms with Crippen molar-refractivity contribution in [3.8, 4) is 5.88 Å². The predicted molar refractivity (Wildman–Crippen MR) is 77.1 cm³/mol. The second kappa shape index (κ2) is 4.86. The molecule has 0 fully saturated rings. The summed E-state index contributed by atoms with van der Waals surface area (Å²) < 4.78 is 1.54. The summed E-state index contributed by atoms with van der Waals surface area (Å²) in [6.07, 6.45) is 0. The fourth-order valence-electron chi connectivity index (χ4n) is 2.05. The van der Waals surface area contributed by atoms with Gasteiger partial charge in [0.2, 0.25) is 5.88 Å². The van der Waals surface area contributed by atoms with Crippen LogP contribution in [0.15, 0.2) is 30.3 Å². The van der Waals surface area contributed by atoms with Crippen LogP contribution >= 0.6 is 0 Å². The third-order valence-corrected chi connectivity index (χ3v) is 3.01. The molecule has 0 saturated heterocycles. The molecule has 0 radical (unpaired) electrons. The molecule has 0 aliphatic rings. The van der Waals surface area contributed by atoms with Crippen molar-refractivity contribution >= 4 is 22.8 Å². The SMILES string of the molecule is Cc1cc(NC(=O)c2nc3ccccc3nc2O)n(C)n1. The zero-order valence-corrected chi connectivity index (χ0v) is 11.5. The number of carbonyl (C=O) groups excluding carboxylic acids is 1. The Morgan fingerprint density at radius 1 is 1.24 bits per heavy atom. The van der Waals surface area contributed by atoms with Crippen LogP contribution in [0.3, 0.4) is 0 Å². The van der Waals surface area contributed by atoms with E-state index in [0.29, 0.717) is 16.9 Å². The van der Waals surface area contributed by atoms with E-state index in [0.717, 1.165) is 5.69 Å². The normalized spacial score (nSPS) is 10.8. The molecule has 3 aromatic rings. The van der Waals surface area contributed by atoms with Gasteiger partial charge in [-0.3, -0.25) is 9.48 Å². The lowest BCUT2D eigenvalue weighted by Gasteiger charge is -2.06. The molecule has 7 heteroatoms. The fraction of sp³-hybridized carbons (Fsp3) is 0.143. The van der Waals surface area contributed by atoms with Gasteiger partial charge in [-0.1, -0.05) is 12.1 Å². The summed E-state index contributed by atoms with van der Waals surface area (Å²) >= 11 is 0. The van der Waals surface area contributed by atoms with Crippen LogP contribution in [0.1, 0.15) is 16.2 Å². The number of aryl methyl sites for hydroxylation is 2. The Labute approximate surface area is 120 Å². The Kier molecular flexibility index (Phi) is 3.02. The van der Waals surface area contributed by atoms with Gasteiger partial charge >= 0.3 is 0 Å². The number of carbonyl (C=O) groups is 1. The van der Waals surface area contributed by atoms with Gasteiger partial charge in [0.25, 0.3) is 5.91 Å². The molecule has 21 heavy (non-hydrogen) atoms. The van der Waals surface area contributed by atoms with Crippen LogP contribution in [-0.4, -0.2) is 30.8 Å². The quantitative estimate of drug-likeness (QED) is 0.745. The molecule has 0 spiro atoms. The summed E-state index contributed by atoms with van der Waals surface area (Å²) in [6.45, 7) is 1.82. The van der Waals surface area contributed by atoms with Gasteiger partial charge in [-0.15, -0.1) is 0 Å². The van der Waals surface area contributed by atoms with Gasteiger partial charge in [0.15, 0.2) is 5.69 Å². The summed E-state index contributed by atoms with van der Waals surface area (Å²) in [5.74, 6) is -0.411. The van der Waals surface area contributed by atoms with Crippen molar-refractivity contribution in [2.24, 2.45) is 7.05 Å². The third kappa shape index (κ3) is 2.40. The standard InChI is InChI=1S/C14H13N5O2/c1-8-7-11(19(2)18-8)17-14(21)12-13(20)16-10-6-4-3-5-9(10)15-12/h3-7H,1-2H3,(H,16,20)(H,17,21). The van der Waals surface area contributed by atoms with Crippen molar-refractivity contribution in [2.45, 2.75) is 6.92 Å². The monoisotopic (exact) mass is 283 g/mol. The van der Waals surface area contributed by atoms with E-state index < -0.39 is 11.8 Å². The van der Waals surface area contributed by atoms with E-state index in [4.69, 9.17) is 0 Å². The maximum Gasteiger partial charge on any atom is 0.281 e. The molecule has 2 aromatic heterocycles. The van der Waals surface area contributed by atoms with Gasteiger partial charge in [0.1, 0.15) is 5.82 Å². The lowest BCUT2D eigenvalue weighted by molar-refractivity contribution is 0.101. The number of aromatic hydroxyl groups is 1. The van der Waals surface area contributed by atoms with Crippen molar-refractivity contribution in [1.82, 2.24) is 19.7 Å². The van der Waals surface area contributed by atoms with Crippen molar-refractivity contribution in [3.63, 3.8) is 0 Å². The number of para-hydroxylation sites is 2. The Bertz CT molecular complexity index is 840. The van der Waals surface area contributed by atoms with Crippen LogP contribution in [0.5, 0.6) is 5.88 Å². The molecule has 2 heterocycles. The van der Waals surface area contributed by atoms with E-state index in [1.165, 1.54) is 0 Å². The molecule has 1 aromatic carbocycles. The molecule has 0 bridgehead atoms. The fourth-order valence-corrected chi connectivity index (χ4v) is 2.05. The largest absolute Gasteiger partial charge is 0.492 e. The van der Waals surface area contributed by atoms with Crippen molar-refractivity contribution in [3.05, 3.63) is 41.7 Å². The number of nitrogens with one attached hydrogen (secondary N) is 1. The third-order valence-electron chi connectivity index (χ3n) is 3.01. The van der Waals surface area contributed by atoms with Gasteiger partial charge in [-0.25, -0.2) is 9.97 Å². The molecular formula is C14H13N5O2. The molecule has 0 unspecified atom stereocenters. The Hall–Kier alpha value is -2.96. The minimum atomic E-state index is -0.534. The topological polar surface area (TPSA) is 92.9 Å². The van der Waals surface area contributed by atoms with Crippen LogP contribution in [0.4, 0.5) is 5.82 Å². The Balaban J connectivity index is 1.97. The second-order valence-corrected chi connectivity index (χ2v) is 4.63. The van der Waals surface area contributed by atoms with Gasteiger partial charge in [-0.2, -0.15) is 5.10 Å². The number of hydrogen-bond acceptors (Lipinski definition) is 5. The van der Waals surface area contributed by atoms with E-state index in [9.17, 15) is 9.90 Å². The first-order valence-corrected chi connectivity index (χ1v) is 6.32. The highest BCUT2D eigenvalue weighted by Crippen LogP contribution is 2.19. The molecule has 0 aliphatic heterocycles. The number of hydrogen-bond donors (Lipinski definition) is 2. The molecule has 0 aliphatic carbocycles. The number of nitrogens with zero attached hydrogens (tertiary/aromatic N) is 4. The van der Waals surface area contributed by atoms with Gasteiger partial charge in [-0.05, 0) is 19.1 Å². The average Bonchev–Trinajstić information content (AvgIpc) is 2.76. The highest BCUT2D eigenvalue weighted by molar-refractivity contribution is 6.04. The Morgan fingerprint density at radius 3 is 2.52 bits per heavy atom. The van der Waals surface area contributed by atoms with Crippen LogP contribution in [0, 0.1) is 6.92 Å².